The molecular weight excluding hydrogens is 298 g/mol. The Morgan fingerprint density at radius 2 is 1.59 bits per heavy atom. The minimum Gasteiger partial charge on any atom is -0.347 e. The molecule has 0 N–H and O–H groups in total. The molecule has 2 aromatic rings. The highest BCUT2D eigenvalue weighted by molar-refractivity contribution is 7.91. The zero-order valence-corrected chi connectivity index (χ0v) is 13.3. The Hall–Kier alpha value is -2.14. The first-order valence-electron chi connectivity index (χ1n) is 7.02. The molecule has 0 saturated heterocycles. The second-order valence-electron chi connectivity index (χ2n) is 5.66. The van der Waals surface area contributed by atoms with Gasteiger partial charge in [0.15, 0.2) is 15.1 Å². The van der Waals surface area contributed by atoms with E-state index in [-0.39, 0.29) is 5.75 Å². The quantitative estimate of drug-likeness (QED) is 0.812. The van der Waals surface area contributed by atoms with E-state index in [1.54, 1.807) is 26.2 Å². The third kappa shape index (κ3) is 2.31. The summed E-state index contributed by atoms with van der Waals surface area (Å²) in [6.07, 6.45) is 0. The number of benzene rings is 2. The molecule has 2 aromatic carbocycles. The van der Waals surface area contributed by atoms with Gasteiger partial charge in [-0.3, -0.25) is 4.79 Å². The van der Waals surface area contributed by atoms with E-state index in [0.29, 0.717) is 5.56 Å². The Morgan fingerprint density at radius 3 is 2.27 bits per heavy atom. The number of fused-ring (bicyclic) bond motifs is 3. The number of nitrogens with zero attached hydrogens (tertiary/aromatic N) is 1. The molecular formula is C17H17NO3S. The smallest absolute Gasteiger partial charge is 0.244 e. The van der Waals surface area contributed by atoms with Gasteiger partial charge in [0.2, 0.25) is 5.91 Å². The van der Waals surface area contributed by atoms with Crippen LogP contribution in [0.4, 0.5) is 0 Å². The number of hydrogen-bond acceptors (Lipinski definition) is 3. The maximum absolute atomic E-state index is 12.8. The maximum Gasteiger partial charge on any atom is 0.244 e. The van der Waals surface area contributed by atoms with Gasteiger partial charge < -0.3 is 4.90 Å². The molecule has 0 saturated carbocycles. The van der Waals surface area contributed by atoms with Crippen LogP contribution in [0.1, 0.15) is 16.4 Å². The van der Waals surface area contributed by atoms with Gasteiger partial charge in [-0.25, -0.2) is 8.42 Å². The van der Waals surface area contributed by atoms with Crippen molar-refractivity contribution in [1.82, 2.24) is 4.90 Å². The summed E-state index contributed by atoms with van der Waals surface area (Å²) in [5, 5.41) is -1.15. The Bertz CT molecular complexity index is 840. The van der Waals surface area contributed by atoms with Crippen LogP contribution in [0.5, 0.6) is 0 Å². The van der Waals surface area contributed by atoms with Crippen LogP contribution in [0.3, 0.4) is 0 Å². The molecule has 22 heavy (non-hydrogen) atoms. The van der Waals surface area contributed by atoms with E-state index in [0.717, 1.165) is 16.7 Å². The van der Waals surface area contributed by atoms with Gasteiger partial charge in [-0.1, -0.05) is 48.5 Å². The second-order valence-corrected chi connectivity index (χ2v) is 7.75. The van der Waals surface area contributed by atoms with E-state index in [4.69, 9.17) is 0 Å². The molecule has 0 aromatic heterocycles. The Kier molecular flexibility index (Phi) is 3.53. The fourth-order valence-electron chi connectivity index (χ4n) is 2.89. The van der Waals surface area contributed by atoms with Crippen LogP contribution in [0.15, 0.2) is 48.5 Å². The predicted octanol–water partition coefficient (Wildman–Crippen LogP) is 2.41. The molecule has 0 radical (unpaired) electrons. The lowest BCUT2D eigenvalue weighted by Crippen LogP contribution is -2.33. The van der Waals surface area contributed by atoms with E-state index >= 15 is 0 Å². The summed E-state index contributed by atoms with van der Waals surface area (Å²) in [6, 6.07) is 14.7. The topological polar surface area (TPSA) is 54.5 Å². The molecule has 0 unspecified atom stereocenters. The van der Waals surface area contributed by atoms with E-state index in [1.807, 2.05) is 36.4 Å². The van der Waals surface area contributed by atoms with Gasteiger partial charge in [0.25, 0.3) is 0 Å². The van der Waals surface area contributed by atoms with Crippen molar-refractivity contribution in [3.05, 3.63) is 59.7 Å². The molecule has 1 aliphatic heterocycles. The van der Waals surface area contributed by atoms with Crippen LogP contribution in [-0.4, -0.2) is 33.3 Å². The summed E-state index contributed by atoms with van der Waals surface area (Å²) in [4.78, 5) is 13.9. The number of carbonyl (C=O) groups is 1. The largest absolute Gasteiger partial charge is 0.347 e. The number of sulfone groups is 1. The normalized spacial score (nSPS) is 18.7. The van der Waals surface area contributed by atoms with Crippen LogP contribution in [0.2, 0.25) is 0 Å². The van der Waals surface area contributed by atoms with E-state index in [2.05, 4.69) is 0 Å². The van der Waals surface area contributed by atoms with Gasteiger partial charge in [-0.05, 0) is 22.3 Å². The Labute approximate surface area is 130 Å². The molecule has 0 spiro atoms. The Morgan fingerprint density at radius 1 is 1.00 bits per heavy atom. The highest BCUT2D eigenvalue weighted by Crippen LogP contribution is 2.40. The zero-order chi connectivity index (χ0) is 15.9. The molecule has 3 rings (SSSR count). The lowest BCUT2D eigenvalue weighted by molar-refractivity contribution is -0.128. The lowest BCUT2D eigenvalue weighted by atomic mass is 9.94. The van der Waals surface area contributed by atoms with Crippen molar-refractivity contribution in [3.8, 4) is 11.1 Å². The molecule has 5 heteroatoms. The number of likely N-dealkylation sites (N-methyl/N-ethyl adjacent to an activating group) is 1. The lowest BCUT2D eigenvalue weighted by Gasteiger charge is -2.21. The molecule has 1 atom stereocenters. The van der Waals surface area contributed by atoms with Gasteiger partial charge in [0, 0.05) is 14.1 Å². The summed E-state index contributed by atoms with van der Waals surface area (Å²) < 4.78 is 25.7. The van der Waals surface area contributed by atoms with Crippen molar-refractivity contribution in [3.63, 3.8) is 0 Å². The predicted molar refractivity (Wildman–Crippen MR) is 85.9 cm³/mol. The van der Waals surface area contributed by atoms with Crippen LogP contribution in [-0.2, 0) is 20.4 Å². The van der Waals surface area contributed by atoms with Gasteiger partial charge >= 0.3 is 0 Å². The van der Waals surface area contributed by atoms with Crippen molar-refractivity contribution in [1.29, 1.82) is 0 Å². The number of hydrogen-bond donors (Lipinski definition) is 0. The van der Waals surface area contributed by atoms with Crippen molar-refractivity contribution in [2.75, 3.05) is 14.1 Å². The summed E-state index contributed by atoms with van der Waals surface area (Å²) >= 11 is 0. The second kappa shape index (κ2) is 5.25. The first-order chi connectivity index (χ1) is 10.4. The molecule has 1 amide bonds. The van der Waals surface area contributed by atoms with Crippen molar-refractivity contribution in [2.24, 2.45) is 0 Å². The SMILES string of the molecule is CN(C)C(=O)[C@@H]1c2ccccc2-c2ccccc2CS1(=O)=O. The first kappa shape index (κ1) is 14.8. The van der Waals surface area contributed by atoms with E-state index < -0.39 is 21.0 Å². The van der Waals surface area contributed by atoms with Gasteiger partial charge in [0.05, 0.1) is 5.75 Å². The minimum absolute atomic E-state index is 0.123. The van der Waals surface area contributed by atoms with Crippen LogP contribution in [0, 0.1) is 0 Å². The van der Waals surface area contributed by atoms with Crippen LogP contribution < -0.4 is 0 Å². The summed E-state index contributed by atoms with van der Waals surface area (Å²) in [5.41, 5.74) is 3.00. The van der Waals surface area contributed by atoms with Crippen molar-refractivity contribution < 1.29 is 13.2 Å². The summed E-state index contributed by atoms with van der Waals surface area (Å²) in [5.74, 6) is -0.525. The monoisotopic (exact) mass is 315 g/mol. The van der Waals surface area contributed by atoms with Gasteiger partial charge in [-0.15, -0.1) is 0 Å². The molecule has 1 heterocycles. The zero-order valence-electron chi connectivity index (χ0n) is 12.5. The number of carbonyl (C=O) groups excluding carboxylic acids is 1. The number of rotatable bonds is 1. The average Bonchev–Trinajstić information content (AvgIpc) is 2.57. The minimum atomic E-state index is -3.62. The van der Waals surface area contributed by atoms with E-state index in [9.17, 15) is 13.2 Å². The molecule has 4 nitrogen and oxygen atoms in total. The van der Waals surface area contributed by atoms with Gasteiger partial charge in [-0.2, -0.15) is 0 Å². The van der Waals surface area contributed by atoms with E-state index in [1.165, 1.54) is 4.90 Å². The van der Waals surface area contributed by atoms with Crippen LogP contribution in [0.25, 0.3) is 11.1 Å². The molecule has 1 aliphatic rings. The molecule has 0 fully saturated rings. The third-order valence-electron chi connectivity index (χ3n) is 3.93. The fraction of sp³-hybridized carbons (Fsp3) is 0.235. The van der Waals surface area contributed by atoms with Crippen molar-refractivity contribution >= 4 is 15.7 Å². The average molecular weight is 315 g/mol. The maximum atomic E-state index is 12.8. The molecule has 0 aliphatic carbocycles. The third-order valence-corrected chi connectivity index (χ3v) is 5.82. The summed E-state index contributed by atoms with van der Waals surface area (Å²) in [7, 11) is -0.459. The Balaban J connectivity index is 2.34. The first-order valence-corrected chi connectivity index (χ1v) is 8.73. The van der Waals surface area contributed by atoms with Crippen LogP contribution >= 0.6 is 0 Å². The highest BCUT2D eigenvalue weighted by Gasteiger charge is 2.39. The fourth-order valence-corrected chi connectivity index (χ4v) is 4.86. The summed E-state index contributed by atoms with van der Waals surface area (Å²) in [6.45, 7) is 0. The standard InChI is InChI=1S/C17H17NO3S/c1-18(2)17(19)16-15-10-6-5-9-14(15)13-8-4-3-7-12(13)11-22(16,20)21/h3-10,16H,11H2,1-2H3/t16-/m0/s1. The molecule has 0 bridgehead atoms. The molecule has 114 valence electrons. The highest BCUT2D eigenvalue weighted by atomic mass is 32.2. The van der Waals surface area contributed by atoms with Gasteiger partial charge in [0.1, 0.15) is 0 Å². The number of amides is 1. The van der Waals surface area contributed by atoms with Crippen molar-refractivity contribution in [2.45, 2.75) is 11.0 Å².